The van der Waals surface area contributed by atoms with Gasteiger partial charge in [0.25, 0.3) is 5.91 Å². The van der Waals surface area contributed by atoms with Crippen LogP contribution in [0.3, 0.4) is 0 Å². The molecule has 4 N–H and O–H groups in total. The van der Waals surface area contributed by atoms with Crippen molar-refractivity contribution in [1.29, 1.82) is 0 Å². The molecule has 0 heterocycles. The highest BCUT2D eigenvalue weighted by Crippen LogP contribution is 2.12. The maximum atomic E-state index is 12.2. The average molecular weight is 549 g/mol. The molecule has 0 saturated carbocycles. The molecule has 0 spiro atoms. The van der Waals surface area contributed by atoms with Gasteiger partial charge in [-0.15, -0.1) is 0 Å². The fraction of sp³-hybridized carbons (Fsp3) is 0.394. The Labute approximate surface area is 241 Å². The summed E-state index contributed by atoms with van der Waals surface area (Å²) >= 11 is 0. The van der Waals surface area contributed by atoms with Crippen LogP contribution in [0.25, 0.3) is 0 Å². The lowest BCUT2D eigenvalue weighted by Gasteiger charge is -2.21. The summed E-state index contributed by atoms with van der Waals surface area (Å²) in [6.45, 7) is 11.9. The van der Waals surface area contributed by atoms with Crippen LogP contribution >= 0.6 is 0 Å². The van der Waals surface area contributed by atoms with Gasteiger partial charge in [0.2, 0.25) is 6.41 Å². The van der Waals surface area contributed by atoms with E-state index in [-0.39, 0.29) is 11.9 Å². The van der Waals surface area contributed by atoms with E-state index < -0.39 is 0 Å². The Hall–Kier alpha value is -3.68. The number of nitrogens with zero attached hydrogens (tertiary/aromatic N) is 1. The highest BCUT2D eigenvalue weighted by atomic mass is 16.5. The van der Waals surface area contributed by atoms with Crippen molar-refractivity contribution in [2.75, 3.05) is 33.3 Å². The summed E-state index contributed by atoms with van der Waals surface area (Å²) in [5, 5.41) is 5.77. The summed E-state index contributed by atoms with van der Waals surface area (Å²) in [5.41, 5.74) is 10.2. The first-order chi connectivity index (χ1) is 19.3. The normalized spacial score (nSPS) is 10.7. The molecule has 7 heteroatoms. The number of methoxy groups -OCH3 is 1. The van der Waals surface area contributed by atoms with E-state index in [1.807, 2.05) is 78.6 Å². The number of amides is 2. The Bertz CT molecular complexity index is 1090. The number of ether oxygens (including phenoxy) is 1. The zero-order chi connectivity index (χ0) is 29.6. The van der Waals surface area contributed by atoms with Crippen LogP contribution < -0.4 is 21.1 Å². The summed E-state index contributed by atoms with van der Waals surface area (Å²) in [4.78, 5) is 24.2. The Morgan fingerprint density at radius 2 is 1.55 bits per heavy atom. The third kappa shape index (κ3) is 15.0. The number of hydrogen-bond acceptors (Lipinski definition) is 5. The summed E-state index contributed by atoms with van der Waals surface area (Å²) in [6.07, 6.45) is 2.68. The Morgan fingerprint density at radius 1 is 0.900 bits per heavy atom. The van der Waals surface area contributed by atoms with E-state index in [1.165, 1.54) is 5.56 Å². The van der Waals surface area contributed by atoms with Crippen molar-refractivity contribution in [3.8, 4) is 5.75 Å². The average Bonchev–Trinajstić information content (AvgIpc) is 2.97. The van der Waals surface area contributed by atoms with Crippen molar-refractivity contribution in [3.63, 3.8) is 0 Å². The van der Waals surface area contributed by atoms with Gasteiger partial charge in [-0.3, -0.25) is 9.59 Å². The maximum Gasteiger partial charge on any atom is 0.253 e. The van der Waals surface area contributed by atoms with E-state index in [1.54, 1.807) is 7.11 Å². The number of rotatable bonds is 13. The summed E-state index contributed by atoms with van der Waals surface area (Å²) in [7, 11) is 1.65. The predicted molar refractivity (Wildman–Crippen MR) is 166 cm³/mol. The standard InChI is InChI=1S/C14H21NO.C12H19N3O2.C7H8/c1-4-9-15(10-5-2)14(16)13-8-6-7-12(3)11-13;1-17-12-4-2-3-10(5-12)6-14-7-11(13)8-15-9-16;1-7-5-3-2-4-6-7/h6-8,11H,4-5,9-10H2,1-3H3;2-5,9,11,14H,6-8,13H2,1H3,(H,15,16);2-6H,1H3. The van der Waals surface area contributed by atoms with E-state index in [2.05, 4.69) is 43.5 Å². The van der Waals surface area contributed by atoms with Gasteiger partial charge in [0, 0.05) is 44.3 Å². The molecule has 0 radical (unpaired) electrons. The van der Waals surface area contributed by atoms with Gasteiger partial charge < -0.3 is 26.0 Å². The Balaban J connectivity index is 0.000000324. The summed E-state index contributed by atoms with van der Waals surface area (Å²) < 4.78 is 5.13. The first-order valence-electron chi connectivity index (χ1n) is 14.0. The van der Waals surface area contributed by atoms with Crippen molar-refractivity contribution in [2.24, 2.45) is 5.73 Å². The van der Waals surface area contributed by atoms with Crippen LogP contribution in [0, 0.1) is 13.8 Å². The maximum absolute atomic E-state index is 12.2. The van der Waals surface area contributed by atoms with Crippen LogP contribution in [0.15, 0.2) is 78.9 Å². The van der Waals surface area contributed by atoms with Gasteiger partial charge in [0.1, 0.15) is 5.75 Å². The third-order valence-electron chi connectivity index (χ3n) is 5.81. The first kappa shape index (κ1) is 34.3. The van der Waals surface area contributed by atoms with E-state index in [0.717, 1.165) is 54.9 Å². The topological polar surface area (TPSA) is 96.7 Å². The van der Waals surface area contributed by atoms with Gasteiger partial charge in [-0.05, 0) is 56.5 Å². The quantitative estimate of drug-likeness (QED) is 0.258. The van der Waals surface area contributed by atoms with Gasteiger partial charge in [0.15, 0.2) is 0 Å². The summed E-state index contributed by atoms with van der Waals surface area (Å²) in [5.74, 6) is 1.00. The lowest BCUT2D eigenvalue weighted by atomic mass is 10.1. The minimum absolute atomic E-state index is 0.0780. The van der Waals surface area contributed by atoms with Crippen molar-refractivity contribution >= 4 is 12.3 Å². The molecule has 1 atom stereocenters. The SMILES string of the molecule is CCCN(CCC)C(=O)c1cccc(C)c1.COc1cccc(CNCC(N)CNC=O)c1.Cc1ccccc1. The zero-order valence-corrected chi connectivity index (χ0v) is 24.9. The molecule has 7 nitrogen and oxygen atoms in total. The second kappa shape index (κ2) is 21.2. The van der Waals surface area contributed by atoms with Crippen molar-refractivity contribution in [1.82, 2.24) is 15.5 Å². The molecular weight excluding hydrogens is 500 g/mol. The fourth-order valence-corrected chi connectivity index (χ4v) is 3.81. The van der Waals surface area contributed by atoms with E-state index in [0.29, 0.717) is 19.5 Å². The van der Waals surface area contributed by atoms with E-state index in [4.69, 9.17) is 10.5 Å². The number of aryl methyl sites for hydroxylation is 2. The lowest BCUT2D eigenvalue weighted by molar-refractivity contribution is -0.109. The van der Waals surface area contributed by atoms with Crippen molar-refractivity contribution < 1.29 is 14.3 Å². The van der Waals surface area contributed by atoms with Gasteiger partial charge in [-0.2, -0.15) is 0 Å². The van der Waals surface area contributed by atoms with E-state index in [9.17, 15) is 9.59 Å². The minimum atomic E-state index is -0.0780. The number of carbonyl (C=O) groups is 2. The number of benzene rings is 3. The fourth-order valence-electron chi connectivity index (χ4n) is 3.81. The van der Waals surface area contributed by atoms with Crippen LogP contribution in [0.2, 0.25) is 0 Å². The van der Waals surface area contributed by atoms with Gasteiger partial charge >= 0.3 is 0 Å². The molecule has 3 aromatic rings. The van der Waals surface area contributed by atoms with Crippen LogP contribution in [0.4, 0.5) is 0 Å². The predicted octanol–water partition coefficient (Wildman–Crippen LogP) is 5.11. The molecule has 3 rings (SSSR count). The molecule has 0 aliphatic carbocycles. The second-order valence-electron chi connectivity index (χ2n) is 9.58. The van der Waals surface area contributed by atoms with Crippen molar-refractivity contribution in [3.05, 3.63) is 101 Å². The molecule has 2 amide bonds. The molecule has 1 unspecified atom stereocenters. The third-order valence-corrected chi connectivity index (χ3v) is 5.81. The molecule has 0 fully saturated rings. The molecule has 218 valence electrons. The monoisotopic (exact) mass is 548 g/mol. The van der Waals surface area contributed by atoms with Crippen LogP contribution in [0.5, 0.6) is 5.75 Å². The molecule has 0 saturated heterocycles. The molecular formula is C33H48N4O3. The van der Waals surface area contributed by atoms with Gasteiger partial charge in [0.05, 0.1) is 7.11 Å². The zero-order valence-electron chi connectivity index (χ0n) is 24.9. The Morgan fingerprint density at radius 3 is 2.10 bits per heavy atom. The van der Waals surface area contributed by atoms with Crippen LogP contribution in [-0.4, -0.2) is 56.5 Å². The van der Waals surface area contributed by atoms with Crippen LogP contribution in [-0.2, 0) is 11.3 Å². The number of nitrogens with one attached hydrogen (secondary N) is 2. The minimum Gasteiger partial charge on any atom is -0.497 e. The van der Waals surface area contributed by atoms with Gasteiger partial charge in [-0.25, -0.2) is 0 Å². The second-order valence-corrected chi connectivity index (χ2v) is 9.58. The van der Waals surface area contributed by atoms with Crippen LogP contribution in [0.1, 0.15) is 53.7 Å². The molecule has 3 aromatic carbocycles. The largest absolute Gasteiger partial charge is 0.497 e. The van der Waals surface area contributed by atoms with E-state index >= 15 is 0 Å². The molecule has 0 bridgehead atoms. The molecule has 0 aliphatic heterocycles. The number of nitrogens with two attached hydrogens (primary N) is 1. The molecule has 0 aliphatic rings. The van der Waals surface area contributed by atoms with Gasteiger partial charge in [-0.1, -0.05) is 79.6 Å². The lowest BCUT2D eigenvalue weighted by Crippen LogP contribution is -2.41. The van der Waals surface area contributed by atoms with Crippen molar-refractivity contribution in [2.45, 2.75) is 53.1 Å². The smallest absolute Gasteiger partial charge is 0.253 e. The highest BCUT2D eigenvalue weighted by Gasteiger charge is 2.13. The summed E-state index contributed by atoms with van der Waals surface area (Å²) in [6, 6.07) is 25.8. The highest BCUT2D eigenvalue weighted by molar-refractivity contribution is 5.94. The first-order valence-corrected chi connectivity index (χ1v) is 14.0. The molecule has 40 heavy (non-hydrogen) atoms. The number of carbonyl (C=O) groups excluding carboxylic acids is 2. The molecule has 0 aromatic heterocycles. The number of hydrogen-bond donors (Lipinski definition) is 3. The Kier molecular flexibility index (Phi) is 18.2.